The number of furan rings is 1. The molecule has 0 aliphatic rings. The second-order valence-corrected chi connectivity index (χ2v) is 8.34. The van der Waals surface area contributed by atoms with E-state index in [1.54, 1.807) is 12.1 Å². The molecule has 1 aromatic heterocycles. The summed E-state index contributed by atoms with van der Waals surface area (Å²) >= 11 is 5.88. The number of hydrogen-bond donors (Lipinski definition) is 0. The summed E-state index contributed by atoms with van der Waals surface area (Å²) in [5, 5.41) is 1.47. The van der Waals surface area contributed by atoms with E-state index < -0.39 is 10.0 Å². The molecule has 0 radical (unpaired) electrons. The second kappa shape index (κ2) is 7.20. The van der Waals surface area contributed by atoms with Gasteiger partial charge in [0.15, 0.2) is 0 Å². The molecule has 1 heterocycles. The Morgan fingerprint density at radius 1 is 1.12 bits per heavy atom. The summed E-state index contributed by atoms with van der Waals surface area (Å²) in [6.45, 7) is 4.05. The van der Waals surface area contributed by atoms with Gasteiger partial charge in [-0.15, -0.1) is 0 Å². The maximum atomic E-state index is 13.1. The highest BCUT2D eigenvalue weighted by Crippen LogP contribution is 2.26. The molecule has 1 atom stereocenters. The number of para-hydroxylation sites is 1. The van der Waals surface area contributed by atoms with Crippen molar-refractivity contribution >= 4 is 32.6 Å². The van der Waals surface area contributed by atoms with Crippen molar-refractivity contribution < 1.29 is 12.8 Å². The SMILES string of the molecule is CCC(C)N(Cc1cc2ccccc2o1)S(=O)(=O)c1ccc(Cl)cc1. The van der Waals surface area contributed by atoms with Crippen molar-refractivity contribution in [3.05, 3.63) is 65.4 Å². The highest BCUT2D eigenvalue weighted by molar-refractivity contribution is 7.89. The average molecular weight is 378 g/mol. The van der Waals surface area contributed by atoms with Crippen LogP contribution < -0.4 is 0 Å². The van der Waals surface area contributed by atoms with E-state index in [4.69, 9.17) is 16.0 Å². The van der Waals surface area contributed by atoms with Gasteiger partial charge >= 0.3 is 0 Å². The van der Waals surface area contributed by atoms with E-state index >= 15 is 0 Å². The third-order valence-corrected chi connectivity index (χ3v) is 6.52. The fraction of sp³-hybridized carbons (Fsp3) is 0.263. The van der Waals surface area contributed by atoms with Gasteiger partial charge in [0.2, 0.25) is 10.0 Å². The van der Waals surface area contributed by atoms with Crippen molar-refractivity contribution in [2.45, 2.75) is 37.8 Å². The van der Waals surface area contributed by atoms with Gasteiger partial charge in [0.1, 0.15) is 11.3 Å². The number of hydrogen-bond acceptors (Lipinski definition) is 3. The summed E-state index contributed by atoms with van der Waals surface area (Å²) in [7, 11) is -3.65. The monoisotopic (exact) mass is 377 g/mol. The minimum absolute atomic E-state index is 0.158. The summed E-state index contributed by atoms with van der Waals surface area (Å²) in [6, 6.07) is 15.6. The van der Waals surface area contributed by atoms with Gasteiger partial charge in [0.05, 0.1) is 11.4 Å². The number of fused-ring (bicyclic) bond motifs is 1. The Morgan fingerprint density at radius 3 is 2.44 bits per heavy atom. The molecule has 4 nitrogen and oxygen atoms in total. The summed E-state index contributed by atoms with van der Waals surface area (Å²) in [5.74, 6) is 0.624. The van der Waals surface area contributed by atoms with Gasteiger partial charge < -0.3 is 4.42 Å². The van der Waals surface area contributed by atoms with Crippen LogP contribution >= 0.6 is 11.6 Å². The standard InChI is InChI=1S/C19H20ClNO3S/c1-3-14(2)21(25(22,23)18-10-8-16(20)9-11-18)13-17-12-15-6-4-5-7-19(15)24-17/h4-12,14H,3,13H2,1-2H3. The first-order valence-electron chi connectivity index (χ1n) is 8.16. The normalized spacial score (nSPS) is 13.4. The molecular formula is C19H20ClNO3S. The molecule has 0 spiro atoms. The zero-order valence-electron chi connectivity index (χ0n) is 14.1. The predicted molar refractivity (Wildman–Crippen MR) is 100 cm³/mol. The minimum Gasteiger partial charge on any atom is -0.460 e. The maximum Gasteiger partial charge on any atom is 0.243 e. The van der Waals surface area contributed by atoms with E-state index in [-0.39, 0.29) is 17.5 Å². The smallest absolute Gasteiger partial charge is 0.243 e. The topological polar surface area (TPSA) is 50.5 Å². The first-order chi connectivity index (χ1) is 11.9. The number of nitrogens with zero attached hydrogens (tertiary/aromatic N) is 1. The highest BCUT2D eigenvalue weighted by Gasteiger charge is 2.29. The van der Waals surface area contributed by atoms with Crippen LogP contribution in [-0.2, 0) is 16.6 Å². The van der Waals surface area contributed by atoms with Crippen LogP contribution in [0.3, 0.4) is 0 Å². The van der Waals surface area contributed by atoms with Gasteiger partial charge in [-0.1, -0.05) is 36.7 Å². The molecule has 2 aromatic carbocycles. The Hall–Kier alpha value is -1.82. The first-order valence-corrected chi connectivity index (χ1v) is 9.98. The van der Waals surface area contributed by atoms with E-state index in [9.17, 15) is 8.42 Å². The third-order valence-electron chi connectivity index (χ3n) is 4.29. The van der Waals surface area contributed by atoms with E-state index in [0.29, 0.717) is 17.2 Å². The number of sulfonamides is 1. The minimum atomic E-state index is -3.65. The van der Waals surface area contributed by atoms with Gasteiger partial charge in [0, 0.05) is 16.5 Å². The zero-order valence-corrected chi connectivity index (χ0v) is 15.7. The fourth-order valence-corrected chi connectivity index (χ4v) is 4.49. The van der Waals surface area contributed by atoms with Crippen LogP contribution in [0.5, 0.6) is 0 Å². The molecule has 0 bridgehead atoms. The lowest BCUT2D eigenvalue weighted by molar-refractivity contribution is 0.301. The summed E-state index contributed by atoms with van der Waals surface area (Å²) in [5.41, 5.74) is 0.755. The van der Waals surface area contributed by atoms with Crippen LogP contribution in [0.2, 0.25) is 5.02 Å². The van der Waals surface area contributed by atoms with Crippen molar-refractivity contribution in [1.29, 1.82) is 0 Å². The van der Waals surface area contributed by atoms with E-state index in [1.165, 1.54) is 16.4 Å². The van der Waals surface area contributed by atoms with Crippen LogP contribution in [0.15, 0.2) is 63.9 Å². The van der Waals surface area contributed by atoms with Gasteiger partial charge in [0.25, 0.3) is 0 Å². The fourth-order valence-electron chi connectivity index (χ4n) is 2.69. The molecule has 132 valence electrons. The van der Waals surface area contributed by atoms with Crippen LogP contribution in [0, 0.1) is 0 Å². The number of rotatable bonds is 6. The van der Waals surface area contributed by atoms with Gasteiger partial charge in [-0.2, -0.15) is 4.31 Å². The Balaban J connectivity index is 1.97. The van der Waals surface area contributed by atoms with Gasteiger partial charge in [-0.3, -0.25) is 0 Å². The molecule has 3 aromatic rings. The Bertz CT molecular complexity index is 931. The average Bonchev–Trinajstić information content (AvgIpc) is 3.02. The lowest BCUT2D eigenvalue weighted by atomic mass is 10.2. The zero-order chi connectivity index (χ0) is 18.0. The third kappa shape index (κ3) is 3.73. The molecule has 0 N–H and O–H groups in total. The summed E-state index contributed by atoms with van der Waals surface area (Å²) in [6.07, 6.45) is 0.701. The molecule has 1 unspecified atom stereocenters. The Morgan fingerprint density at radius 2 is 1.80 bits per heavy atom. The molecule has 25 heavy (non-hydrogen) atoms. The van der Waals surface area contributed by atoms with Crippen LogP contribution in [0.25, 0.3) is 11.0 Å². The molecule has 0 fully saturated rings. The molecule has 0 aliphatic carbocycles. The maximum absolute atomic E-state index is 13.1. The molecule has 0 saturated heterocycles. The highest BCUT2D eigenvalue weighted by atomic mass is 35.5. The van der Waals surface area contributed by atoms with Crippen LogP contribution in [0.1, 0.15) is 26.0 Å². The summed E-state index contributed by atoms with van der Waals surface area (Å²) < 4.78 is 33.5. The van der Waals surface area contributed by atoms with Crippen molar-refractivity contribution in [2.24, 2.45) is 0 Å². The lowest BCUT2D eigenvalue weighted by Gasteiger charge is -2.27. The number of benzene rings is 2. The Labute approximate surface area is 153 Å². The lowest BCUT2D eigenvalue weighted by Crippen LogP contribution is -2.37. The Kier molecular flexibility index (Phi) is 5.18. The number of halogens is 1. The summed E-state index contributed by atoms with van der Waals surface area (Å²) in [4.78, 5) is 0.230. The second-order valence-electron chi connectivity index (χ2n) is 6.01. The first kappa shape index (κ1) is 18.0. The van der Waals surface area contributed by atoms with Crippen LogP contribution in [-0.4, -0.2) is 18.8 Å². The van der Waals surface area contributed by atoms with Crippen molar-refractivity contribution in [2.75, 3.05) is 0 Å². The molecule has 3 rings (SSSR count). The van der Waals surface area contributed by atoms with Crippen LogP contribution in [0.4, 0.5) is 0 Å². The van der Waals surface area contributed by atoms with E-state index in [2.05, 4.69) is 0 Å². The largest absolute Gasteiger partial charge is 0.460 e. The predicted octanol–water partition coefficient (Wildman–Crippen LogP) is 5.08. The molecular weight excluding hydrogens is 358 g/mol. The van der Waals surface area contributed by atoms with E-state index in [0.717, 1.165) is 11.0 Å². The molecule has 0 amide bonds. The van der Waals surface area contributed by atoms with Gasteiger partial charge in [-0.25, -0.2) is 8.42 Å². The van der Waals surface area contributed by atoms with Crippen molar-refractivity contribution in [3.63, 3.8) is 0 Å². The van der Waals surface area contributed by atoms with Crippen molar-refractivity contribution in [3.8, 4) is 0 Å². The molecule has 0 saturated carbocycles. The quantitative estimate of drug-likeness (QED) is 0.602. The van der Waals surface area contributed by atoms with Crippen molar-refractivity contribution in [1.82, 2.24) is 4.31 Å². The van der Waals surface area contributed by atoms with Gasteiger partial charge in [-0.05, 0) is 49.7 Å². The molecule has 0 aliphatic heterocycles. The molecule has 6 heteroatoms. The van der Waals surface area contributed by atoms with E-state index in [1.807, 2.05) is 44.2 Å².